The van der Waals surface area contributed by atoms with Gasteiger partial charge in [-0.05, 0) is 24.0 Å². The van der Waals surface area contributed by atoms with Crippen molar-refractivity contribution >= 4 is 22.3 Å². The molecule has 1 N–H and O–H groups in total. The average molecular weight is 362 g/mol. The van der Waals surface area contributed by atoms with Gasteiger partial charge < -0.3 is 10.1 Å². The first-order chi connectivity index (χ1) is 11.9. The van der Waals surface area contributed by atoms with Crippen molar-refractivity contribution in [2.24, 2.45) is 5.41 Å². The molecule has 1 fully saturated rings. The summed E-state index contributed by atoms with van der Waals surface area (Å²) in [5.41, 5.74) is 1.25. The van der Waals surface area contributed by atoms with Gasteiger partial charge in [0, 0.05) is 19.6 Å². The second-order valence-corrected chi connectivity index (χ2v) is 8.64. The van der Waals surface area contributed by atoms with E-state index in [0.717, 1.165) is 54.3 Å². The zero-order valence-corrected chi connectivity index (χ0v) is 16.3. The van der Waals surface area contributed by atoms with Crippen LogP contribution in [-0.2, 0) is 11.2 Å². The number of nitrogens with zero attached hydrogens (tertiary/aromatic N) is 4. The minimum Gasteiger partial charge on any atom is -0.369 e. The molecule has 1 atom stereocenters. The normalized spacial score (nSPS) is 19.1. The van der Waals surface area contributed by atoms with Gasteiger partial charge in [-0.1, -0.05) is 45.1 Å². The molecule has 1 aliphatic rings. The third-order valence-electron chi connectivity index (χ3n) is 3.95. The Morgan fingerprint density at radius 3 is 2.88 bits per heavy atom. The molecular weight excluding hydrogens is 334 g/mol. The molecule has 0 bridgehead atoms. The van der Waals surface area contributed by atoms with Crippen molar-refractivity contribution in [2.75, 3.05) is 31.6 Å². The molecular formula is C18H27N5OS. The van der Waals surface area contributed by atoms with E-state index in [-0.39, 0.29) is 11.5 Å². The molecule has 0 amide bonds. The maximum absolute atomic E-state index is 5.98. The highest BCUT2D eigenvalue weighted by molar-refractivity contribution is 7.15. The maximum atomic E-state index is 5.98. The zero-order chi connectivity index (χ0) is 17.9. The molecule has 0 spiro atoms. The van der Waals surface area contributed by atoms with Crippen molar-refractivity contribution in [3.8, 4) is 0 Å². The Bertz CT molecular complexity index is 697. The van der Waals surface area contributed by atoms with Crippen molar-refractivity contribution in [3.63, 3.8) is 0 Å². The van der Waals surface area contributed by atoms with Gasteiger partial charge in [-0.2, -0.15) is 0 Å². The number of rotatable bonds is 5. The fraction of sp³-hybridized carbons (Fsp3) is 0.611. The number of ether oxygens (including phenoxy) is 1. The first kappa shape index (κ1) is 18.2. The minimum absolute atomic E-state index is 0.0125. The maximum Gasteiger partial charge on any atom is 0.211 e. The van der Waals surface area contributed by atoms with Gasteiger partial charge in [0.2, 0.25) is 5.13 Å². The van der Waals surface area contributed by atoms with Crippen LogP contribution in [0.4, 0.5) is 10.9 Å². The number of hydrogen-bond donors (Lipinski definition) is 1. The van der Waals surface area contributed by atoms with Gasteiger partial charge in [-0.25, -0.2) is 4.98 Å². The summed E-state index contributed by atoms with van der Waals surface area (Å²) in [5.74, 6) is 0.785. The topological polar surface area (TPSA) is 63.2 Å². The molecule has 0 saturated carbocycles. The van der Waals surface area contributed by atoms with Crippen molar-refractivity contribution in [2.45, 2.75) is 40.2 Å². The van der Waals surface area contributed by atoms with Crippen LogP contribution in [0.5, 0.6) is 0 Å². The summed E-state index contributed by atoms with van der Waals surface area (Å²) >= 11 is 1.56. The Morgan fingerprint density at radius 2 is 2.16 bits per heavy atom. The van der Waals surface area contributed by atoms with E-state index in [9.17, 15) is 0 Å². The lowest BCUT2D eigenvalue weighted by molar-refractivity contribution is -0.0407. The summed E-state index contributed by atoms with van der Waals surface area (Å²) in [7, 11) is 0. The minimum atomic E-state index is 0.0125. The third-order valence-corrected chi connectivity index (χ3v) is 4.94. The van der Waals surface area contributed by atoms with Crippen LogP contribution in [0.2, 0.25) is 0 Å². The fourth-order valence-electron chi connectivity index (χ4n) is 2.95. The highest BCUT2D eigenvalue weighted by atomic mass is 32.1. The molecule has 0 aromatic carbocycles. The van der Waals surface area contributed by atoms with Crippen LogP contribution in [-0.4, -0.2) is 46.3 Å². The molecule has 1 saturated heterocycles. The van der Waals surface area contributed by atoms with Gasteiger partial charge in [-0.3, -0.25) is 4.90 Å². The number of nitrogens with one attached hydrogen (secondary N) is 1. The quantitative estimate of drug-likeness (QED) is 0.877. The number of pyridine rings is 1. The number of aryl methyl sites for hydroxylation is 1. The monoisotopic (exact) mass is 361 g/mol. The summed E-state index contributed by atoms with van der Waals surface area (Å²) in [6, 6.07) is 6.00. The Morgan fingerprint density at radius 1 is 1.32 bits per heavy atom. The summed E-state index contributed by atoms with van der Waals surface area (Å²) in [5, 5.41) is 13.3. The zero-order valence-electron chi connectivity index (χ0n) is 15.5. The van der Waals surface area contributed by atoms with Crippen LogP contribution in [0.15, 0.2) is 18.2 Å². The van der Waals surface area contributed by atoms with E-state index in [2.05, 4.69) is 48.1 Å². The van der Waals surface area contributed by atoms with E-state index < -0.39 is 0 Å². The lowest BCUT2D eigenvalue weighted by Gasteiger charge is -2.36. The molecule has 3 heterocycles. The SMILES string of the molecule is CCc1nnc(Nc2cccc([C@H]3CN(CC(C)(C)C)CCO3)n2)s1. The second kappa shape index (κ2) is 7.76. The molecule has 2 aromatic rings. The molecule has 0 radical (unpaired) electrons. The smallest absolute Gasteiger partial charge is 0.211 e. The van der Waals surface area contributed by atoms with Crippen molar-refractivity contribution in [3.05, 3.63) is 28.9 Å². The Kier molecular flexibility index (Phi) is 5.66. The number of hydrogen-bond acceptors (Lipinski definition) is 7. The molecule has 7 heteroatoms. The Labute approximate surface area is 153 Å². The number of aromatic nitrogens is 3. The average Bonchev–Trinajstić information content (AvgIpc) is 3.01. The van der Waals surface area contributed by atoms with Crippen LogP contribution >= 0.6 is 11.3 Å². The third kappa shape index (κ3) is 5.20. The van der Waals surface area contributed by atoms with Crippen LogP contribution in [0.3, 0.4) is 0 Å². The predicted molar refractivity (Wildman–Crippen MR) is 101 cm³/mol. The lowest BCUT2D eigenvalue weighted by atomic mass is 9.95. The van der Waals surface area contributed by atoms with E-state index in [1.165, 1.54) is 0 Å². The van der Waals surface area contributed by atoms with E-state index in [0.29, 0.717) is 0 Å². The van der Waals surface area contributed by atoms with E-state index in [4.69, 9.17) is 9.72 Å². The first-order valence-electron chi connectivity index (χ1n) is 8.83. The number of anilines is 2. The largest absolute Gasteiger partial charge is 0.369 e. The van der Waals surface area contributed by atoms with Gasteiger partial charge >= 0.3 is 0 Å². The van der Waals surface area contributed by atoms with Crippen molar-refractivity contribution in [1.29, 1.82) is 0 Å². The first-order valence-corrected chi connectivity index (χ1v) is 9.65. The molecule has 2 aromatic heterocycles. The van der Waals surface area contributed by atoms with Crippen molar-refractivity contribution in [1.82, 2.24) is 20.1 Å². The second-order valence-electron chi connectivity index (χ2n) is 7.58. The molecule has 136 valence electrons. The van der Waals surface area contributed by atoms with E-state index in [1.807, 2.05) is 18.2 Å². The van der Waals surface area contributed by atoms with Gasteiger partial charge in [0.25, 0.3) is 0 Å². The van der Waals surface area contributed by atoms with Gasteiger partial charge in [0.1, 0.15) is 16.9 Å². The van der Waals surface area contributed by atoms with Crippen LogP contribution in [0, 0.1) is 5.41 Å². The van der Waals surface area contributed by atoms with E-state index in [1.54, 1.807) is 11.3 Å². The molecule has 1 aliphatic heterocycles. The highest BCUT2D eigenvalue weighted by Gasteiger charge is 2.26. The standard InChI is InChI=1S/C18H27N5OS/c1-5-16-21-22-17(25-16)20-15-8-6-7-13(19-15)14-11-23(9-10-24-14)12-18(2,3)4/h6-8,14H,5,9-12H2,1-4H3,(H,19,20,22)/t14-/m1/s1. The fourth-order valence-corrected chi connectivity index (χ4v) is 3.64. The van der Waals surface area contributed by atoms with Gasteiger partial charge in [-0.15, -0.1) is 10.2 Å². The van der Waals surface area contributed by atoms with Crippen LogP contribution in [0.1, 0.15) is 44.5 Å². The number of morpholine rings is 1. The van der Waals surface area contributed by atoms with Crippen LogP contribution < -0.4 is 5.32 Å². The summed E-state index contributed by atoms with van der Waals surface area (Å²) < 4.78 is 5.98. The molecule has 0 unspecified atom stereocenters. The molecule has 6 nitrogen and oxygen atoms in total. The lowest BCUT2D eigenvalue weighted by Crippen LogP contribution is -2.42. The predicted octanol–water partition coefficient (Wildman–Crippen LogP) is 3.66. The van der Waals surface area contributed by atoms with E-state index >= 15 is 0 Å². The van der Waals surface area contributed by atoms with Gasteiger partial charge in [0.05, 0.1) is 12.3 Å². The summed E-state index contributed by atoms with van der Waals surface area (Å²) in [4.78, 5) is 7.20. The van der Waals surface area contributed by atoms with Crippen LogP contribution in [0.25, 0.3) is 0 Å². The molecule has 0 aliphatic carbocycles. The molecule has 25 heavy (non-hydrogen) atoms. The Balaban J connectivity index is 1.68. The highest BCUT2D eigenvalue weighted by Crippen LogP contribution is 2.26. The Hall–Kier alpha value is -1.57. The summed E-state index contributed by atoms with van der Waals surface area (Å²) in [6.07, 6.45) is 0.908. The van der Waals surface area contributed by atoms with Crippen molar-refractivity contribution < 1.29 is 4.74 Å². The van der Waals surface area contributed by atoms with Gasteiger partial charge in [0.15, 0.2) is 0 Å². The summed E-state index contributed by atoms with van der Waals surface area (Å²) in [6.45, 7) is 12.6. The molecule has 3 rings (SSSR count).